The van der Waals surface area contributed by atoms with Crippen molar-refractivity contribution < 1.29 is 4.57 Å². The average Bonchev–Trinajstić information content (AvgIpc) is 2.93. The van der Waals surface area contributed by atoms with Gasteiger partial charge in [-0.1, -0.05) is 51.1 Å². The van der Waals surface area contributed by atoms with Crippen LogP contribution in [0.3, 0.4) is 0 Å². The third-order valence-electron chi connectivity index (χ3n) is 4.75. The number of aromatic nitrogens is 1. The van der Waals surface area contributed by atoms with Crippen molar-refractivity contribution in [2.45, 2.75) is 39.2 Å². The van der Waals surface area contributed by atoms with Crippen molar-refractivity contribution in [3.8, 4) is 11.3 Å². The Balaban J connectivity index is 2.03. The first-order valence-corrected chi connectivity index (χ1v) is 8.10. The van der Waals surface area contributed by atoms with Crippen LogP contribution in [0.5, 0.6) is 0 Å². The number of aryl methyl sites for hydroxylation is 2. The van der Waals surface area contributed by atoms with E-state index in [0.29, 0.717) is 0 Å². The van der Waals surface area contributed by atoms with Crippen LogP contribution in [0, 0.1) is 0 Å². The van der Waals surface area contributed by atoms with Crippen molar-refractivity contribution >= 4 is 10.9 Å². The summed E-state index contributed by atoms with van der Waals surface area (Å²) in [4.78, 5) is 0. The summed E-state index contributed by atoms with van der Waals surface area (Å²) in [5, 5.41) is 1.35. The van der Waals surface area contributed by atoms with E-state index in [4.69, 9.17) is 0 Å². The molecule has 2 heterocycles. The third-order valence-corrected chi connectivity index (χ3v) is 4.75. The highest BCUT2D eigenvalue weighted by molar-refractivity contribution is 5.81. The first-order chi connectivity index (χ1) is 10.6. The fraction of sp³-hybridized carbons (Fsp3) is 0.286. The second-order valence-corrected chi connectivity index (χ2v) is 7.27. The van der Waals surface area contributed by atoms with E-state index in [1.165, 1.54) is 33.3 Å². The third kappa shape index (κ3) is 1.96. The molecule has 0 saturated carbocycles. The van der Waals surface area contributed by atoms with Crippen molar-refractivity contribution in [3.63, 3.8) is 0 Å². The Hall–Kier alpha value is -2.15. The van der Waals surface area contributed by atoms with Crippen LogP contribution in [-0.4, -0.2) is 0 Å². The monoisotopic (exact) mass is 288 g/mol. The molecule has 0 spiro atoms. The van der Waals surface area contributed by atoms with Gasteiger partial charge in [0.15, 0.2) is 6.54 Å². The van der Waals surface area contributed by atoms with Gasteiger partial charge in [0.25, 0.3) is 0 Å². The van der Waals surface area contributed by atoms with E-state index in [-0.39, 0.29) is 5.41 Å². The Morgan fingerprint density at radius 2 is 1.68 bits per heavy atom. The van der Waals surface area contributed by atoms with Crippen molar-refractivity contribution in [1.82, 2.24) is 0 Å². The van der Waals surface area contributed by atoms with Crippen LogP contribution in [0.2, 0.25) is 0 Å². The fourth-order valence-corrected chi connectivity index (χ4v) is 3.72. The SMILES string of the molecule is CC(C)(C)c1ccccc1-c1ccc2cccc3c2[n+]1CC3. The van der Waals surface area contributed by atoms with Crippen molar-refractivity contribution in [2.75, 3.05) is 0 Å². The van der Waals surface area contributed by atoms with Crippen LogP contribution in [0.1, 0.15) is 31.9 Å². The minimum absolute atomic E-state index is 0.150. The minimum Gasteiger partial charge on any atom is -0.191 e. The maximum atomic E-state index is 2.51. The van der Waals surface area contributed by atoms with E-state index >= 15 is 0 Å². The van der Waals surface area contributed by atoms with Gasteiger partial charge in [0, 0.05) is 29.0 Å². The van der Waals surface area contributed by atoms with E-state index in [9.17, 15) is 0 Å². The molecule has 1 nitrogen and oxygen atoms in total. The number of pyridine rings is 1. The van der Waals surface area contributed by atoms with Crippen LogP contribution in [0.4, 0.5) is 0 Å². The van der Waals surface area contributed by atoms with Crippen LogP contribution < -0.4 is 4.57 Å². The number of nitrogens with zero attached hydrogens (tertiary/aromatic N) is 1. The van der Waals surface area contributed by atoms with Gasteiger partial charge in [0.2, 0.25) is 11.2 Å². The van der Waals surface area contributed by atoms with Crippen molar-refractivity contribution in [2.24, 2.45) is 0 Å². The molecule has 1 aromatic heterocycles. The van der Waals surface area contributed by atoms with E-state index < -0.39 is 0 Å². The largest absolute Gasteiger partial charge is 0.216 e. The molecule has 0 amide bonds. The number of hydrogen-bond acceptors (Lipinski definition) is 0. The van der Waals surface area contributed by atoms with Crippen LogP contribution in [0.25, 0.3) is 22.2 Å². The van der Waals surface area contributed by atoms with Crippen LogP contribution >= 0.6 is 0 Å². The molecule has 1 aliphatic rings. The zero-order valence-corrected chi connectivity index (χ0v) is 13.6. The lowest BCUT2D eigenvalue weighted by Crippen LogP contribution is -2.34. The Bertz CT molecular complexity index is 869. The lowest BCUT2D eigenvalue weighted by molar-refractivity contribution is -0.653. The molecule has 0 fully saturated rings. The first kappa shape index (κ1) is 13.5. The molecular weight excluding hydrogens is 266 g/mol. The molecule has 0 N–H and O–H groups in total. The molecule has 0 bridgehead atoms. The normalized spacial score (nSPS) is 13.8. The molecule has 0 atom stereocenters. The van der Waals surface area contributed by atoms with Crippen molar-refractivity contribution in [3.05, 3.63) is 65.7 Å². The van der Waals surface area contributed by atoms with E-state index in [1.807, 2.05) is 0 Å². The molecule has 4 rings (SSSR count). The Morgan fingerprint density at radius 3 is 2.50 bits per heavy atom. The average molecular weight is 288 g/mol. The Morgan fingerprint density at radius 1 is 0.864 bits per heavy atom. The quantitative estimate of drug-likeness (QED) is 0.574. The molecule has 0 aliphatic carbocycles. The van der Waals surface area contributed by atoms with Gasteiger partial charge in [-0.25, -0.2) is 0 Å². The number of benzene rings is 2. The van der Waals surface area contributed by atoms with Gasteiger partial charge >= 0.3 is 0 Å². The molecule has 22 heavy (non-hydrogen) atoms. The molecule has 1 aliphatic heterocycles. The lowest BCUT2D eigenvalue weighted by atomic mass is 9.83. The summed E-state index contributed by atoms with van der Waals surface area (Å²) in [6, 6.07) is 20.1. The molecule has 1 heteroatoms. The van der Waals surface area contributed by atoms with E-state index in [2.05, 4.69) is 79.9 Å². The van der Waals surface area contributed by atoms with Gasteiger partial charge < -0.3 is 0 Å². The van der Waals surface area contributed by atoms with Crippen molar-refractivity contribution in [1.29, 1.82) is 0 Å². The summed E-state index contributed by atoms with van der Waals surface area (Å²) < 4.78 is 2.51. The predicted molar refractivity (Wildman–Crippen MR) is 92.0 cm³/mol. The minimum atomic E-state index is 0.150. The first-order valence-electron chi connectivity index (χ1n) is 8.10. The summed E-state index contributed by atoms with van der Waals surface area (Å²) in [6.07, 6.45) is 1.14. The Kier molecular flexibility index (Phi) is 2.87. The second-order valence-electron chi connectivity index (χ2n) is 7.27. The molecule has 0 saturated heterocycles. The summed E-state index contributed by atoms with van der Waals surface area (Å²) in [7, 11) is 0. The van der Waals surface area contributed by atoms with E-state index in [1.54, 1.807) is 0 Å². The van der Waals surface area contributed by atoms with Gasteiger partial charge in [-0.2, -0.15) is 4.57 Å². The molecule has 3 aromatic rings. The van der Waals surface area contributed by atoms with Gasteiger partial charge in [0.05, 0.1) is 0 Å². The summed E-state index contributed by atoms with van der Waals surface area (Å²) in [6.45, 7) is 7.97. The molecule has 0 radical (unpaired) electrons. The second kappa shape index (κ2) is 4.67. The molecule has 0 unspecified atom stereocenters. The Labute approximate surface area is 132 Å². The standard InChI is InChI=1S/C21H22N/c1-21(2,3)18-10-5-4-9-17(18)19-12-11-15-7-6-8-16-13-14-22(19)20(15)16/h4-12H,13-14H2,1-3H3/q+1. The van der Waals surface area contributed by atoms with Gasteiger partial charge in [-0.3, -0.25) is 0 Å². The number of para-hydroxylation sites is 1. The maximum absolute atomic E-state index is 2.51. The smallest absolute Gasteiger partial charge is 0.191 e. The number of hydrogen-bond donors (Lipinski definition) is 0. The highest BCUT2D eigenvalue weighted by atomic mass is 15.0. The highest BCUT2D eigenvalue weighted by Gasteiger charge is 2.28. The van der Waals surface area contributed by atoms with Gasteiger partial charge in [-0.05, 0) is 29.2 Å². The number of rotatable bonds is 1. The summed E-state index contributed by atoms with van der Waals surface area (Å²) in [5.74, 6) is 0. The summed E-state index contributed by atoms with van der Waals surface area (Å²) in [5.41, 5.74) is 7.19. The molecular formula is C21H22N+. The molecule has 110 valence electrons. The van der Waals surface area contributed by atoms with Crippen LogP contribution in [0.15, 0.2) is 54.6 Å². The van der Waals surface area contributed by atoms with Gasteiger partial charge in [0.1, 0.15) is 0 Å². The molecule has 2 aromatic carbocycles. The zero-order chi connectivity index (χ0) is 15.3. The predicted octanol–water partition coefficient (Wildman–Crippen LogP) is 4.65. The highest BCUT2D eigenvalue weighted by Crippen LogP contribution is 2.33. The van der Waals surface area contributed by atoms with Crippen LogP contribution in [-0.2, 0) is 18.4 Å². The van der Waals surface area contributed by atoms with Gasteiger partial charge in [-0.15, -0.1) is 0 Å². The lowest BCUT2D eigenvalue weighted by Gasteiger charge is -2.22. The topological polar surface area (TPSA) is 3.88 Å². The van der Waals surface area contributed by atoms with E-state index in [0.717, 1.165) is 13.0 Å². The summed E-state index contributed by atoms with van der Waals surface area (Å²) >= 11 is 0. The maximum Gasteiger partial charge on any atom is 0.216 e. The zero-order valence-electron chi connectivity index (χ0n) is 13.6. The fourth-order valence-electron chi connectivity index (χ4n) is 3.72.